The average molecular weight is 415 g/mol. The van der Waals surface area contributed by atoms with Crippen LogP contribution in [-0.4, -0.2) is 63.2 Å². The summed E-state index contributed by atoms with van der Waals surface area (Å²) >= 11 is 0. The molecule has 0 radical (unpaired) electrons. The molecule has 1 aliphatic heterocycles. The molecule has 0 N–H and O–H groups in total. The Morgan fingerprint density at radius 2 is 1.64 bits per heavy atom. The van der Waals surface area contributed by atoms with E-state index in [1.54, 1.807) is 6.20 Å². The Hall–Kier alpha value is -2.40. The zero-order valence-electron chi connectivity index (χ0n) is 15.4. The van der Waals surface area contributed by atoms with Gasteiger partial charge in [-0.25, -0.2) is 8.42 Å². The molecule has 0 atom stereocenters. The fourth-order valence-corrected chi connectivity index (χ4v) is 4.31. The van der Waals surface area contributed by atoms with Crippen molar-refractivity contribution in [2.24, 2.45) is 0 Å². The second kappa shape index (κ2) is 7.55. The van der Waals surface area contributed by atoms with Gasteiger partial charge < -0.3 is 9.80 Å². The van der Waals surface area contributed by atoms with Crippen LogP contribution in [0.5, 0.6) is 0 Å². The van der Waals surface area contributed by atoms with Crippen LogP contribution in [0.25, 0.3) is 0 Å². The smallest absolute Gasteiger partial charge is 0.367 e. The van der Waals surface area contributed by atoms with Gasteiger partial charge in [0.15, 0.2) is 5.82 Å². The Balaban J connectivity index is 1.71. The second-order valence-corrected chi connectivity index (χ2v) is 8.52. The topological polar surface area (TPSA) is 69.6 Å². The van der Waals surface area contributed by atoms with Crippen molar-refractivity contribution < 1.29 is 21.6 Å². The number of hydrogen-bond acceptors (Lipinski definition) is 6. The molecule has 1 fully saturated rings. The number of aromatic nitrogens is 2. The maximum atomic E-state index is 12.7. The third-order valence-electron chi connectivity index (χ3n) is 4.51. The van der Waals surface area contributed by atoms with Crippen molar-refractivity contribution in [1.29, 1.82) is 0 Å². The first kappa shape index (κ1) is 20.3. The molecule has 1 saturated heterocycles. The minimum atomic E-state index is -4.50. The van der Waals surface area contributed by atoms with E-state index in [4.69, 9.17) is 0 Å². The molecule has 28 heavy (non-hydrogen) atoms. The maximum absolute atomic E-state index is 12.7. The van der Waals surface area contributed by atoms with Gasteiger partial charge in [0.25, 0.3) is 0 Å². The lowest BCUT2D eigenvalue weighted by atomic mass is 10.2. The Morgan fingerprint density at radius 1 is 1.04 bits per heavy atom. The van der Waals surface area contributed by atoms with Crippen molar-refractivity contribution in [2.45, 2.75) is 11.1 Å². The number of nitrogens with zero attached hydrogens (tertiary/aromatic N) is 5. The standard InChI is InChI=1S/C17H20F3N5O2S/c1-23(2)16-11-14(12-21-22-16)24-7-9-25(10-8-24)28(26,27)15-5-3-13(4-6-15)17(18,19)20/h3-6,11-12H,7-10H2,1-2H3. The fraction of sp³-hybridized carbons (Fsp3) is 0.412. The first-order valence-electron chi connectivity index (χ1n) is 8.51. The van der Waals surface area contributed by atoms with Crippen molar-refractivity contribution in [1.82, 2.24) is 14.5 Å². The fourth-order valence-electron chi connectivity index (χ4n) is 2.89. The van der Waals surface area contributed by atoms with Crippen molar-refractivity contribution in [3.63, 3.8) is 0 Å². The van der Waals surface area contributed by atoms with Gasteiger partial charge in [0.1, 0.15) is 0 Å². The highest BCUT2D eigenvalue weighted by atomic mass is 32.2. The molecule has 0 aliphatic carbocycles. The summed E-state index contributed by atoms with van der Waals surface area (Å²) in [6.45, 7) is 1.34. The third-order valence-corrected chi connectivity index (χ3v) is 6.42. The van der Waals surface area contributed by atoms with Gasteiger partial charge in [-0.3, -0.25) is 0 Å². The number of hydrogen-bond donors (Lipinski definition) is 0. The Morgan fingerprint density at radius 3 is 2.18 bits per heavy atom. The molecule has 0 unspecified atom stereocenters. The van der Waals surface area contributed by atoms with E-state index >= 15 is 0 Å². The van der Waals surface area contributed by atoms with E-state index in [0.29, 0.717) is 18.9 Å². The Labute approximate surface area is 161 Å². The molecular formula is C17H20F3N5O2S. The largest absolute Gasteiger partial charge is 0.416 e. The summed E-state index contributed by atoms with van der Waals surface area (Å²) in [5.74, 6) is 0.692. The summed E-state index contributed by atoms with van der Waals surface area (Å²) in [6, 6.07) is 5.44. The van der Waals surface area contributed by atoms with E-state index in [2.05, 4.69) is 10.2 Å². The average Bonchev–Trinajstić information content (AvgIpc) is 2.67. The van der Waals surface area contributed by atoms with Crippen LogP contribution in [0.1, 0.15) is 5.56 Å². The van der Waals surface area contributed by atoms with Gasteiger partial charge in [0.05, 0.1) is 22.3 Å². The van der Waals surface area contributed by atoms with E-state index < -0.39 is 21.8 Å². The van der Waals surface area contributed by atoms with Crippen LogP contribution in [0.3, 0.4) is 0 Å². The molecule has 0 bridgehead atoms. The minimum absolute atomic E-state index is 0.144. The lowest BCUT2D eigenvalue weighted by Crippen LogP contribution is -2.48. The molecule has 152 valence electrons. The van der Waals surface area contributed by atoms with Gasteiger partial charge in [-0.15, -0.1) is 5.10 Å². The molecule has 0 amide bonds. The number of rotatable bonds is 4. The maximum Gasteiger partial charge on any atom is 0.416 e. The highest BCUT2D eigenvalue weighted by molar-refractivity contribution is 7.89. The summed E-state index contributed by atoms with van der Waals surface area (Å²) in [6.07, 6.45) is -2.88. The number of halogens is 3. The van der Waals surface area contributed by atoms with Crippen molar-refractivity contribution in [3.05, 3.63) is 42.1 Å². The number of piperazine rings is 1. The molecule has 0 saturated carbocycles. The summed E-state index contributed by atoms with van der Waals surface area (Å²) in [7, 11) is -0.149. The van der Waals surface area contributed by atoms with Gasteiger partial charge in [-0.05, 0) is 24.3 Å². The van der Waals surface area contributed by atoms with E-state index in [9.17, 15) is 21.6 Å². The van der Waals surface area contributed by atoms with Crippen LogP contribution < -0.4 is 9.80 Å². The lowest BCUT2D eigenvalue weighted by Gasteiger charge is -2.35. The van der Waals surface area contributed by atoms with Crippen LogP contribution in [-0.2, 0) is 16.2 Å². The van der Waals surface area contributed by atoms with E-state index in [1.807, 2.05) is 30.0 Å². The van der Waals surface area contributed by atoms with Crippen LogP contribution in [0.2, 0.25) is 0 Å². The summed E-state index contributed by atoms with van der Waals surface area (Å²) in [4.78, 5) is 3.68. The summed E-state index contributed by atoms with van der Waals surface area (Å²) in [5.41, 5.74) is -0.0385. The van der Waals surface area contributed by atoms with E-state index in [1.165, 1.54) is 4.31 Å². The van der Waals surface area contributed by atoms with Gasteiger partial charge >= 0.3 is 6.18 Å². The van der Waals surface area contributed by atoms with Crippen LogP contribution in [0.4, 0.5) is 24.7 Å². The zero-order valence-corrected chi connectivity index (χ0v) is 16.2. The number of benzene rings is 1. The van der Waals surface area contributed by atoms with Gasteiger partial charge in [0.2, 0.25) is 10.0 Å². The molecule has 1 aromatic heterocycles. The van der Waals surface area contributed by atoms with Gasteiger partial charge in [0, 0.05) is 46.3 Å². The third kappa shape index (κ3) is 4.20. The zero-order chi connectivity index (χ0) is 20.5. The normalized spacial score (nSPS) is 16.2. The van der Waals surface area contributed by atoms with Crippen LogP contribution in [0.15, 0.2) is 41.4 Å². The van der Waals surface area contributed by atoms with E-state index in [0.717, 1.165) is 30.0 Å². The number of sulfonamides is 1. The second-order valence-electron chi connectivity index (χ2n) is 6.58. The molecule has 1 aliphatic rings. The van der Waals surface area contributed by atoms with Crippen LogP contribution in [0, 0.1) is 0 Å². The van der Waals surface area contributed by atoms with Crippen molar-refractivity contribution in [3.8, 4) is 0 Å². The quantitative estimate of drug-likeness (QED) is 0.762. The predicted octanol–water partition coefficient (Wildman–Crippen LogP) is 2.07. The van der Waals surface area contributed by atoms with E-state index in [-0.39, 0.29) is 18.0 Å². The van der Waals surface area contributed by atoms with Gasteiger partial charge in [-0.1, -0.05) is 0 Å². The molecular weight excluding hydrogens is 395 g/mol. The van der Waals surface area contributed by atoms with Crippen molar-refractivity contribution >= 4 is 21.5 Å². The monoisotopic (exact) mass is 415 g/mol. The van der Waals surface area contributed by atoms with Crippen LogP contribution >= 0.6 is 0 Å². The molecule has 3 rings (SSSR count). The molecule has 2 heterocycles. The molecule has 7 nitrogen and oxygen atoms in total. The highest BCUT2D eigenvalue weighted by Gasteiger charge is 2.32. The predicted molar refractivity (Wildman–Crippen MR) is 98.8 cm³/mol. The lowest BCUT2D eigenvalue weighted by molar-refractivity contribution is -0.137. The minimum Gasteiger partial charge on any atom is -0.367 e. The first-order chi connectivity index (χ1) is 13.1. The number of alkyl halides is 3. The molecule has 11 heteroatoms. The first-order valence-corrected chi connectivity index (χ1v) is 9.95. The highest BCUT2D eigenvalue weighted by Crippen LogP contribution is 2.30. The Bertz CT molecular complexity index is 925. The van der Waals surface area contributed by atoms with Crippen molar-refractivity contribution in [2.75, 3.05) is 50.1 Å². The molecule has 0 spiro atoms. The summed E-state index contributed by atoms with van der Waals surface area (Å²) in [5, 5.41) is 7.98. The SMILES string of the molecule is CN(C)c1cc(N2CCN(S(=O)(=O)c3ccc(C(F)(F)F)cc3)CC2)cnn1. The molecule has 2 aromatic rings. The molecule has 1 aromatic carbocycles. The summed E-state index contributed by atoms with van der Waals surface area (Å²) < 4.78 is 64.8. The van der Waals surface area contributed by atoms with Gasteiger partial charge in [-0.2, -0.15) is 22.6 Å². The number of anilines is 2. The Kier molecular flexibility index (Phi) is 5.48.